The van der Waals surface area contributed by atoms with Crippen LogP contribution in [0.25, 0.3) is 0 Å². The lowest BCUT2D eigenvalue weighted by Gasteiger charge is -2.24. The zero-order valence-corrected chi connectivity index (χ0v) is 20.2. The number of halogens is 1. The van der Waals surface area contributed by atoms with Crippen molar-refractivity contribution in [2.45, 2.75) is 38.0 Å². The Labute approximate surface area is 200 Å². The van der Waals surface area contributed by atoms with Crippen LogP contribution in [0.15, 0.2) is 24.5 Å². The second-order valence-corrected chi connectivity index (χ2v) is 9.33. The van der Waals surface area contributed by atoms with Gasteiger partial charge in [-0.1, -0.05) is 11.6 Å². The molecular weight excluding hydrogens is 440 g/mol. The van der Waals surface area contributed by atoms with Gasteiger partial charge in [-0.3, -0.25) is 4.79 Å². The molecule has 0 saturated carbocycles. The molecule has 2 bridgehead atoms. The van der Waals surface area contributed by atoms with Crippen molar-refractivity contribution in [2.75, 3.05) is 57.5 Å². The number of ether oxygens (including phenoxy) is 1. The number of nitrogens with zero attached hydrogens (tertiary/aromatic N) is 4. The first kappa shape index (κ1) is 23.6. The van der Waals surface area contributed by atoms with Crippen LogP contribution in [-0.4, -0.2) is 72.6 Å². The van der Waals surface area contributed by atoms with Crippen LogP contribution in [0.4, 0.5) is 17.3 Å². The van der Waals surface area contributed by atoms with Crippen molar-refractivity contribution in [1.29, 1.82) is 0 Å². The van der Waals surface area contributed by atoms with Crippen LogP contribution in [0.3, 0.4) is 0 Å². The van der Waals surface area contributed by atoms with Gasteiger partial charge in [0.1, 0.15) is 23.7 Å². The van der Waals surface area contributed by atoms with Crippen molar-refractivity contribution in [3.63, 3.8) is 0 Å². The number of likely N-dealkylation sites (N-methyl/N-ethyl adjacent to an activating group) is 1. The molecule has 0 saturated heterocycles. The highest BCUT2D eigenvalue weighted by atomic mass is 35.5. The number of hydrogen-bond acceptors (Lipinski definition) is 7. The molecule has 4 rings (SSSR count). The van der Waals surface area contributed by atoms with Gasteiger partial charge in [-0.2, -0.15) is 0 Å². The summed E-state index contributed by atoms with van der Waals surface area (Å²) in [4.78, 5) is 25.6. The van der Waals surface area contributed by atoms with E-state index in [0.717, 1.165) is 74.7 Å². The summed E-state index contributed by atoms with van der Waals surface area (Å²) in [7, 11) is 4.03. The third-order valence-electron chi connectivity index (χ3n) is 6.29. The lowest BCUT2D eigenvalue weighted by molar-refractivity contribution is -0.130. The molecule has 2 N–H and O–H groups in total. The molecule has 0 spiro atoms. The van der Waals surface area contributed by atoms with Crippen molar-refractivity contribution in [3.8, 4) is 5.75 Å². The maximum absolute atomic E-state index is 12.4. The molecule has 2 aliphatic rings. The predicted octanol–water partition coefficient (Wildman–Crippen LogP) is 4.12. The minimum absolute atomic E-state index is 0.213. The Morgan fingerprint density at radius 3 is 2.82 bits per heavy atom. The summed E-state index contributed by atoms with van der Waals surface area (Å²) in [5, 5.41) is 7.45. The number of aromatic nitrogens is 2. The second-order valence-electron chi connectivity index (χ2n) is 8.92. The second kappa shape index (κ2) is 11.0. The standard InChI is InChI=1S/C24H33ClN6O2/c1-30-10-6-11-31(2)21(32)7-4-3-5-12-33-20-13-18(8-9-19(20)25)29-24-22-17(15-30)14-26-23(22)27-16-28-24/h8-9,13,16-17H,3-7,10-12,14-15H2,1-2H3,(H2,26,27,28,29). The fraction of sp³-hybridized carbons (Fsp3) is 0.542. The van der Waals surface area contributed by atoms with E-state index in [1.54, 1.807) is 6.33 Å². The topological polar surface area (TPSA) is 82.6 Å². The molecule has 2 aromatic rings. The van der Waals surface area contributed by atoms with Crippen LogP contribution in [-0.2, 0) is 4.79 Å². The van der Waals surface area contributed by atoms with Gasteiger partial charge in [0.15, 0.2) is 0 Å². The quantitative estimate of drug-likeness (QED) is 0.596. The number of benzene rings is 1. The minimum atomic E-state index is 0.213. The fourth-order valence-corrected chi connectivity index (χ4v) is 4.60. The van der Waals surface area contributed by atoms with E-state index in [4.69, 9.17) is 16.3 Å². The zero-order chi connectivity index (χ0) is 23.2. The first-order valence-electron chi connectivity index (χ1n) is 11.7. The molecule has 0 aliphatic carbocycles. The molecule has 0 radical (unpaired) electrons. The Morgan fingerprint density at radius 1 is 1.09 bits per heavy atom. The van der Waals surface area contributed by atoms with Gasteiger partial charge in [-0.25, -0.2) is 9.97 Å². The smallest absolute Gasteiger partial charge is 0.222 e. The SMILES string of the molecule is CN1CCCN(C)C(=O)CCCCCOc2cc(ccc2Cl)Nc2ncnc3c2C(CN3)C1. The summed E-state index contributed by atoms with van der Waals surface area (Å²) in [5.41, 5.74) is 1.97. The van der Waals surface area contributed by atoms with Crippen LogP contribution in [0.5, 0.6) is 5.75 Å². The summed E-state index contributed by atoms with van der Waals surface area (Å²) in [5.74, 6) is 2.80. The molecule has 1 unspecified atom stereocenters. The maximum atomic E-state index is 12.4. The molecule has 1 atom stereocenters. The van der Waals surface area contributed by atoms with Crippen molar-refractivity contribution in [1.82, 2.24) is 19.8 Å². The van der Waals surface area contributed by atoms with E-state index in [1.807, 2.05) is 30.1 Å². The number of nitrogens with one attached hydrogen (secondary N) is 2. The summed E-state index contributed by atoms with van der Waals surface area (Å²) >= 11 is 6.37. The van der Waals surface area contributed by atoms with E-state index in [1.165, 1.54) is 0 Å². The van der Waals surface area contributed by atoms with Crippen LogP contribution >= 0.6 is 11.6 Å². The Kier molecular flexibility index (Phi) is 7.88. The monoisotopic (exact) mass is 472 g/mol. The predicted molar refractivity (Wildman–Crippen MR) is 132 cm³/mol. The highest BCUT2D eigenvalue weighted by molar-refractivity contribution is 6.32. The van der Waals surface area contributed by atoms with E-state index in [2.05, 4.69) is 32.5 Å². The first-order valence-corrected chi connectivity index (χ1v) is 12.1. The van der Waals surface area contributed by atoms with E-state index >= 15 is 0 Å². The van der Waals surface area contributed by atoms with Gasteiger partial charge >= 0.3 is 0 Å². The fourth-order valence-electron chi connectivity index (χ4n) is 4.43. The van der Waals surface area contributed by atoms with Gasteiger partial charge in [0.05, 0.1) is 11.6 Å². The summed E-state index contributed by atoms with van der Waals surface area (Å²) in [6.07, 6.45) is 5.80. The molecule has 0 fully saturated rings. The van der Waals surface area contributed by atoms with Gasteiger partial charge in [0.2, 0.25) is 5.91 Å². The zero-order valence-electron chi connectivity index (χ0n) is 19.4. The first-order chi connectivity index (χ1) is 16.0. The molecule has 2 aliphatic heterocycles. The molecule has 1 aromatic heterocycles. The average Bonchev–Trinajstić information content (AvgIpc) is 3.20. The van der Waals surface area contributed by atoms with Gasteiger partial charge in [-0.15, -0.1) is 0 Å². The van der Waals surface area contributed by atoms with Crippen LogP contribution in [0, 0.1) is 0 Å². The largest absolute Gasteiger partial charge is 0.492 e. The third-order valence-corrected chi connectivity index (χ3v) is 6.60. The van der Waals surface area contributed by atoms with E-state index < -0.39 is 0 Å². The van der Waals surface area contributed by atoms with E-state index in [0.29, 0.717) is 23.8 Å². The van der Waals surface area contributed by atoms with Gasteiger partial charge in [-0.05, 0) is 51.4 Å². The summed E-state index contributed by atoms with van der Waals surface area (Å²) < 4.78 is 5.95. The van der Waals surface area contributed by atoms with E-state index in [-0.39, 0.29) is 11.8 Å². The van der Waals surface area contributed by atoms with Gasteiger partial charge in [0.25, 0.3) is 0 Å². The van der Waals surface area contributed by atoms with Crippen molar-refractivity contribution >= 4 is 34.8 Å². The lowest BCUT2D eigenvalue weighted by Crippen LogP contribution is -2.32. The number of rotatable bonds is 0. The van der Waals surface area contributed by atoms with Crippen molar-refractivity contribution in [3.05, 3.63) is 35.1 Å². The molecule has 33 heavy (non-hydrogen) atoms. The number of amides is 1. The lowest BCUT2D eigenvalue weighted by atomic mass is 10.0. The summed E-state index contributed by atoms with van der Waals surface area (Å²) in [6, 6.07) is 5.68. The molecule has 178 valence electrons. The third kappa shape index (κ3) is 6.06. The average molecular weight is 473 g/mol. The Bertz CT molecular complexity index is 972. The Hall–Kier alpha value is -2.58. The molecule has 9 heteroatoms. The Balaban J connectivity index is 1.56. The number of carbonyl (C=O) groups excluding carboxylic acids is 1. The number of fused-ring (bicyclic) bond motifs is 2. The maximum Gasteiger partial charge on any atom is 0.222 e. The van der Waals surface area contributed by atoms with Crippen LogP contribution < -0.4 is 15.4 Å². The number of carbonyl (C=O) groups is 1. The highest BCUT2D eigenvalue weighted by Gasteiger charge is 2.28. The molecule has 3 heterocycles. The number of anilines is 3. The number of hydrogen-bond donors (Lipinski definition) is 2. The Morgan fingerprint density at radius 2 is 1.94 bits per heavy atom. The minimum Gasteiger partial charge on any atom is -0.492 e. The molecule has 1 amide bonds. The summed E-state index contributed by atoms with van der Waals surface area (Å²) in [6.45, 7) is 3.97. The highest BCUT2D eigenvalue weighted by Crippen LogP contribution is 2.37. The van der Waals surface area contributed by atoms with E-state index in [9.17, 15) is 4.79 Å². The van der Waals surface area contributed by atoms with Crippen LogP contribution in [0.1, 0.15) is 43.6 Å². The molecular formula is C24H33ClN6O2. The molecule has 1 aromatic carbocycles. The van der Waals surface area contributed by atoms with Crippen molar-refractivity contribution in [2.24, 2.45) is 0 Å². The van der Waals surface area contributed by atoms with Crippen LogP contribution in [0.2, 0.25) is 5.02 Å². The van der Waals surface area contributed by atoms with Gasteiger partial charge < -0.3 is 25.2 Å². The normalized spacial score (nSPS) is 20.9. The van der Waals surface area contributed by atoms with Gasteiger partial charge in [0, 0.05) is 56.3 Å². The molecule has 8 nitrogen and oxygen atoms in total. The van der Waals surface area contributed by atoms with Crippen molar-refractivity contribution < 1.29 is 9.53 Å².